The molecule has 142 valence electrons. The molecule has 2 heterocycles. The summed E-state index contributed by atoms with van der Waals surface area (Å²) in [4.78, 5) is 28.5. The first kappa shape index (κ1) is 19.2. The molecule has 0 unspecified atom stereocenters. The molecular weight excluding hydrogens is 350 g/mol. The number of rotatable bonds is 4. The normalized spacial score (nSPS) is 27.5. The van der Waals surface area contributed by atoms with E-state index in [1.165, 1.54) is 11.8 Å². The summed E-state index contributed by atoms with van der Waals surface area (Å²) in [5.41, 5.74) is -1.17. The fourth-order valence-corrected chi connectivity index (χ4v) is 4.98. The van der Waals surface area contributed by atoms with E-state index in [2.05, 4.69) is 0 Å². The van der Waals surface area contributed by atoms with E-state index in [-0.39, 0.29) is 35.5 Å². The molecule has 1 aromatic carbocycles. The summed E-state index contributed by atoms with van der Waals surface area (Å²) in [6.45, 7) is 9.84. The van der Waals surface area contributed by atoms with Crippen LogP contribution in [0.5, 0.6) is 0 Å². The molecule has 2 saturated heterocycles. The number of hydrogen-bond acceptors (Lipinski definition) is 5. The second-order valence-corrected chi connectivity index (χ2v) is 9.55. The standard InChI is InChI=1S/C20H27NO4S/c1-19(2,3)25-16(22)11-14-15-12-24-20(4,5)21(15)18(23)17(14)26-13-9-7-6-8-10-13/h6-10,14-15,17H,11-12H2,1-5H3/t14-,15-,17+/m1/s1. The van der Waals surface area contributed by atoms with Crippen molar-refractivity contribution < 1.29 is 19.1 Å². The monoisotopic (exact) mass is 377 g/mol. The van der Waals surface area contributed by atoms with Crippen LogP contribution in [-0.2, 0) is 19.1 Å². The summed E-state index contributed by atoms with van der Waals surface area (Å²) in [5, 5.41) is -0.307. The number of esters is 1. The summed E-state index contributed by atoms with van der Waals surface area (Å²) >= 11 is 1.53. The Balaban J connectivity index is 1.84. The molecule has 1 amide bonds. The first-order valence-electron chi connectivity index (χ1n) is 8.99. The van der Waals surface area contributed by atoms with Crippen molar-refractivity contribution in [2.24, 2.45) is 5.92 Å². The number of nitrogens with zero attached hydrogens (tertiary/aromatic N) is 1. The smallest absolute Gasteiger partial charge is 0.306 e. The number of carbonyl (C=O) groups is 2. The number of carbonyl (C=O) groups excluding carboxylic acids is 2. The van der Waals surface area contributed by atoms with E-state index in [1.54, 1.807) is 0 Å². The minimum atomic E-state index is -0.639. The van der Waals surface area contributed by atoms with Crippen LogP contribution >= 0.6 is 11.8 Å². The Hall–Kier alpha value is -1.53. The lowest BCUT2D eigenvalue weighted by Gasteiger charge is -2.29. The molecule has 6 heteroatoms. The molecule has 1 aromatic rings. The maximum atomic E-state index is 13.2. The van der Waals surface area contributed by atoms with Gasteiger partial charge in [0.05, 0.1) is 24.3 Å². The van der Waals surface area contributed by atoms with E-state index in [1.807, 2.05) is 69.9 Å². The van der Waals surface area contributed by atoms with Gasteiger partial charge in [0.25, 0.3) is 0 Å². The van der Waals surface area contributed by atoms with Gasteiger partial charge in [-0.1, -0.05) is 18.2 Å². The Labute approximate surface area is 159 Å². The predicted molar refractivity (Wildman–Crippen MR) is 101 cm³/mol. The number of hydrogen-bond donors (Lipinski definition) is 0. The van der Waals surface area contributed by atoms with Gasteiger partial charge in [0.2, 0.25) is 5.91 Å². The Morgan fingerprint density at radius 2 is 1.96 bits per heavy atom. The minimum Gasteiger partial charge on any atom is -0.460 e. The molecule has 5 nitrogen and oxygen atoms in total. The molecule has 0 bridgehead atoms. The largest absolute Gasteiger partial charge is 0.460 e. The fourth-order valence-electron chi connectivity index (χ4n) is 3.70. The number of ether oxygens (including phenoxy) is 2. The van der Waals surface area contributed by atoms with Crippen LogP contribution in [-0.4, -0.2) is 46.0 Å². The number of amides is 1. The average Bonchev–Trinajstić information content (AvgIpc) is 2.97. The highest BCUT2D eigenvalue weighted by Crippen LogP contribution is 2.46. The van der Waals surface area contributed by atoms with E-state index in [9.17, 15) is 9.59 Å². The summed E-state index contributed by atoms with van der Waals surface area (Å²) in [6, 6.07) is 9.76. The second kappa shape index (κ2) is 6.89. The van der Waals surface area contributed by atoms with Crippen molar-refractivity contribution in [3.8, 4) is 0 Å². The lowest BCUT2D eigenvalue weighted by molar-refractivity contribution is -0.156. The molecule has 0 saturated carbocycles. The zero-order chi connectivity index (χ0) is 19.1. The molecule has 0 spiro atoms. The SMILES string of the molecule is CC(C)(C)OC(=O)C[C@H]1[C@H](Sc2ccccc2)C(=O)N2[C@@H]1COC2(C)C. The highest BCUT2D eigenvalue weighted by atomic mass is 32.2. The average molecular weight is 378 g/mol. The molecule has 2 fully saturated rings. The molecule has 0 radical (unpaired) electrons. The molecule has 3 rings (SSSR count). The van der Waals surface area contributed by atoms with Crippen molar-refractivity contribution in [3.63, 3.8) is 0 Å². The number of thioether (sulfide) groups is 1. The van der Waals surface area contributed by atoms with Crippen molar-refractivity contribution in [1.29, 1.82) is 0 Å². The van der Waals surface area contributed by atoms with Gasteiger partial charge in [0.15, 0.2) is 0 Å². The van der Waals surface area contributed by atoms with E-state index in [0.29, 0.717) is 6.61 Å². The van der Waals surface area contributed by atoms with Crippen LogP contribution in [0.15, 0.2) is 35.2 Å². The van der Waals surface area contributed by atoms with Gasteiger partial charge in [-0.25, -0.2) is 0 Å². The summed E-state index contributed by atoms with van der Waals surface area (Å²) in [6.07, 6.45) is 0.216. The van der Waals surface area contributed by atoms with E-state index in [0.717, 1.165) is 4.90 Å². The Kier molecular flexibility index (Phi) is 5.10. The van der Waals surface area contributed by atoms with Gasteiger partial charge in [-0.05, 0) is 46.8 Å². The molecular formula is C20H27NO4S. The molecule has 26 heavy (non-hydrogen) atoms. The molecule has 0 aromatic heterocycles. The van der Waals surface area contributed by atoms with Crippen LogP contribution in [0.1, 0.15) is 41.0 Å². The van der Waals surface area contributed by atoms with Crippen LogP contribution in [0.25, 0.3) is 0 Å². The topological polar surface area (TPSA) is 55.8 Å². The van der Waals surface area contributed by atoms with Gasteiger partial charge >= 0.3 is 5.97 Å². The Morgan fingerprint density at radius 1 is 1.31 bits per heavy atom. The third-order valence-electron chi connectivity index (χ3n) is 4.71. The van der Waals surface area contributed by atoms with Gasteiger partial charge in [0, 0.05) is 10.8 Å². The van der Waals surface area contributed by atoms with Gasteiger partial charge in [-0.3, -0.25) is 9.59 Å². The highest BCUT2D eigenvalue weighted by molar-refractivity contribution is 8.00. The number of fused-ring (bicyclic) bond motifs is 1. The molecule has 0 aliphatic carbocycles. The molecule has 2 aliphatic heterocycles. The third kappa shape index (κ3) is 3.91. The first-order chi connectivity index (χ1) is 12.1. The Bertz CT molecular complexity index is 683. The quantitative estimate of drug-likeness (QED) is 0.752. The van der Waals surface area contributed by atoms with Crippen LogP contribution in [0.4, 0.5) is 0 Å². The zero-order valence-electron chi connectivity index (χ0n) is 16.0. The van der Waals surface area contributed by atoms with Crippen molar-refractivity contribution in [3.05, 3.63) is 30.3 Å². The van der Waals surface area contributed by atoms with Gasteiger partial charge in [0.1, 0.15) is 11.3 Å². The predicted octanol–water partition coefficient (Wildman–Crippen LogP) is 3.47. The second-order valence-electron chi connectivity index (χ2n) is 8.34. The zero-order valence-corrected chi connectivity index (χ0v) is 16.8. The van der Waals surface area contributed by atoms with Crippen molar-refractivity contribution in [2.45, 2.75) is 68.6 Å². The third-order valence-corrected chi connectivity index (χ3v) is 6.06. The summed E-state index contributed by atoms with van der Waals surface area (Å²) < 4.78 is 11.3. The van der Waals surface area contributed by atoms with E-state index < -0.39 is 11.3 Å². The molecule has 3 atom stereocenters. The first-order valence-corrected chi connectivity index (χ1v) is 9.87. The molecule has 2 aliphatic rings. The van der Waals surface area contributed by atoms with Crippen LogP contribution in [0.3, 0.4) is 0 Å². The highest BCUT2D eigenvalue weighted by Gasteiger charge is 2.57. The maximum Gasteiger partial charge on any atom is 0.306 e. The van der Waals surface area contributed by atoms with Crippen LogP contribution in [0, 0.1) is 5.92 Å². The minimum absolute atomic E-state index is 0.0416. The summed E-state index contributed by atoms with van der Waals surface area (Å²) in [7, 11) is 0. The lowest BCUT2D eigenvalue weighted by atomic mass is 9.96. The van der Waals surface area contributed by atoms with Gasteiger partial charge < -0.3 is 14.4 Å². The lowest BCUT2D eigenvalue weighted by Crippen LogP contribution is -2.44. The molecule has 0 N–H and O–H groups in total. The number of benzene rings is 1. The van der Waals surface area contributed by atoms with E-state index >= 15 is 0 Å². The Morgan fingerprint density at radius 3 is 2.58 bits per heavy atom. The maximum absolute atomic E-state index is 13.2. The van der Waals surface area contributed by atoms with Crippen molar-refractivity contribution >= 4 is 23.6 Å². The summed E-state index contributed by atoms with van der Waals surface area (Å²) in [5.74, 6) is -0.357. The van der Waals surface area contributed by atoms with Crippen LogP contribution < -0.4 is 0 Å². The van der Waals surface area contributed by atoms with Crippen LogP contribution in [0.2, 0.25) is 0 Å². The van der Waals surface area contributed by atoms with Gasteiger partial charge in [-0.2, -0.15) is 0 Å². The van der Waals surface area contributed by atoms with Crippen molar-refractivity contribution in [2.75, 3.05) is 6.61 Å². The van der Waals surface area contributed by atoms with Gasteiger partial charge in [-0.15, -0.1) is 11.8 Å². The van der Waals surface area contributed by atoms with Crippen molar-refractivity contribution in [1.82, 2.24) is 4.90 Å². The van der Waals surface area contributed by atoms with E-state index in [4.69, 9.17) is 9.47 Å². The fraction of sp³-hybridized carbons (Fsp3) is 0.600.